The first-order valence-electron chi connectivity index (χ1n) is 5.68. The van der Waals surface area contributed by atoms with Gasteiger partial charge in [0.2, 0.25) is 0 Å². The Hall–Kier alpha value is -2.37. The van der Waals surface area contributed by atoms with Crippen LogP contribution in [0.4, 0.5) is 0 Å². The van der Waals surface area contributed by atoms with Crippen LogP contribution < -0.4 is 0 Å². The third kappa shape index (κ3) is 3.89. The van der Waals surface area contributed by atoms with Gasteiger partial charge in [-0.15, -0.1) is 0 Å². The number of pyridine rings is 1. The van der Waals surface area contributed by atoms with Gasteiger partial charge in [-0.2, -0.15) is 0 Å². The molecule has 2 aromatic rings. The molecule has 0 aliphatic heterocycles. The molecule has 0 fully saturated rings. The fourth-order valence-corrected chi connectivity index (χ4v) is 1.40. The highest BCUT2D eigenvalue weighted by Gasteiger charge is 1.92. The first-order valence-corrected chi connectivity index (χ1v) is 5.68. The molecule has 1 heterocycles. The molecule has 88 valence electrons. The van der Waals surface area contributed by atoms with Gasteiger partial charge >= 0.3 is 0 Å². The van der Waals surface area contributed by atoms with Crippen LogP contribution in [0.5, 0.6) is 0 Å². The zero-order chi connectivity index (χ0) is 12.6. The fourth-order valence-electron chi connectivity index (χ4n) is 1.40. The lowest BCUT2D eigenvalue weighted by molar-refractivity contribution is 0.281. The van der Waals surface area contributed by atoms with Crippen LogP contribution in [0.1, 0.15) is 11.3 Å². The van der Waals surface area contributed by atoms with Gasteiger partial charge in [-0.3, -0.25) is 0 Å². The molecule has 2 rings (SSSR count). The van der Waals surface area contributed by atoms with E-state index in [1.54, 1.807) is 18.3 Å². The summed E-state index contributed by atoms with van der Waals surface area (Å²) in [5.41, 5.74) is 1.70. The minimum atomic E-state index is -0.785. The van der Waals surface area contributed by atoms with Crippen molar-refractivity contribution in [3.63, 3.8) is 0 Å². The van der Waals surface area contributed by atoms with Crippen LogP contribution in [-0.2, 0) is 0 Å². The van der Waals surface area contributed by atoms with Crippen LogP contribution in [0.25, 0.3) is 6.08 Å². The van der Waals surface area contributed by atoms with E-state index in [2.05, 4.69) is 16.8 Å². The molecule has 0 spiro atoms. The predicted octanol–water partition coefficient (Wildman–Crippen LogP) is 2.51. The smallest absolute Gasteiger partial charge is 0.134 e. The van der Waals surface area contributed by atoms with E-state index in [4.69, 9.17) is 0 Å². The molecule has 1 N–H and O–H groups in total. The average Bonchev–Trinajstić information content (AvgIpc) is 2.45. The van der Waals surface area contributed by atoms with Crippen molar-refractivity contribution in [2.24, 2.45) is 0 Å². The van der Waals surface area contributed by atoms with E-state index in [0.717, 1.165) is 5.56 Å². The summed E-state index contributed by atoms with van der Waals surface area (Å²) in [4.78, 5) is 4.06. The molecule has 1 aromatic heterocycles. The standard InChI is InChI=1S/C16H13NO/c18-16(11-9-14-6-2-1-3-7-14)12-10-15-8-4-5-13-17-15/h1-9,11,13,16,18H/b11-9+. The number of benzene rings is 1. The van der Waals surface area contributed by atoms with Crippen LogP contribution >= 0.6 is 0 Å². The number of nitrogens with zero attached hydrogens (tertiary/aromatic N) is 1. The zero-order valence-corrected chi connectivity index (χ0v) is 9.82. The van der Waals surface area contributed by atoms with Gasteiger partial charge in [0.25, 0.3) is 0 Å². The third-order valence-corrected chi connectivity index (χ3v) is 2.28. The molecule has 0 radical (unpaired) electrons. The summed E-state index contributed by atoms with van der Waals surface area (Å²) < 4.78 is 0. The van der Waals surface area contributed by atoms with Gasteiger partial charge in [0.1, 0.15) is 11.8 Å². The lowest BCUT2D eigenvalue weighted by Crippen LogP contribution is -1.96. The minimum Gasteiger partial charge on any atom is -0.377 e. The van der Waals surface area contributed by atoms with Gasteiger partial charge in [0, 0.05) is 6.20 Å². The number of hydrogen-bond acceptors (Lipinski definition) is 2. The Balaban J connectivity index is 2.00. The van der Waals surface area contributed by atoms with Crippen LogP contribution in [0.2, 0.25) is 0 Å². The number of rotatable bonds is 2. The molecule has 1 unspecified atom stereocenters. The van der Waals surface area contributed by atoms with E-state index in [0.29, 0.717) is 5.69 Å². The van der Waals surface area contributed by atoms with Gasteiger partial charge in [-0.25, -0.2) is 4.98 Å². The Morgan fingerprint density at radius 1 is 1.06 bits per heavy atom. The molecular weight excluding hydrogens is 222 g/mol. The highest BCUT2D eigenvalue weighted by atomic mass is 16.3. The molecule has 1 aromatic carbocycles. The lowest BCUT2D eigenvalue weighted by Gasteiger charge is -1.95. The Labute approximate surface area is 107 Å². The van der Waals surface area contributed by atoms with E-state index < -0.39 is 6.10 Å². The molecule has 2 nitrogen and oxygen atoms in total. The first-order chi connectivity index (χ1) is 8.84. The summed E-state index contributed by atoms with van der Waals surface area (Å²) in [6.45, 7) is 0. The van der Waals surface area contributed by atoms with Crippen LogP contribution in [0, 0.1) is 11.8 Å². The first kappa shape index (κ1) is 12.1. The van der Waals surface area contributed by atoms with E-state index in [1.165, 1.54) is 0 Å². The van der Waals surface area contributed by atoms with Gasteiger partial charge in [0.05, 0.1) is 0 Å². The third-order valence-electron chi connectivity index (χ3n) is 2.28. The Morgan fingerprint density at radius 3 is 2.56 bits per heavy atom. The van der Waals surface area contributed by atoms with Crippen molar-refractivity contribution in [2.75, 3.05) is 0 Å². The summed E-state index contributed by atoms with van der Waals surface area (Å²) in [6.07, 6.45) is 4.39. The van der Waals surface area contributed by atoms with Crippen molar-refractivity contribution in [3.05, 3.63) is 72.1 Å². The number of aromatic nitrogens is 1. The van der Waals surface area contributed by atoms with Crippen LogP contribution in [-0.4, -0.2) is 16.2 Å². The SMILES string of the molecule is OC(C#Cc1ccccn1)/C=C/c1ccccc1. The largest absolute Gasteiger partial charge is 0.377 e. The molecular formula is C16H13NO. The van der Waals surface area contributed by atoms with Crippen molar-refractivity contribution in [1.29, 1.82) is 0 Å². The van der Waals surface area contributed by atoms with Crippen molar-refractivity contribution in [1.82, 2.24) is 4.98 Å². The van der Waals surface area contributed by atoms with E-state index in [1.807, 2.05) is 48.5 Å². The van der Waals surface area contributed by atoms with E-state index >= 15 is 0 Å². The number of aliphatic hydroxyl groups excluding tert-OH is 1. The van der Waals surface area contributed by atoms with Crippen LogP contribution in [0.15, 0.2) is 60.8 Å². The predicted molar refractivity (Wildman–Crippen MR) is 72.6 cm³/mol. The van der Waals surface area contributed by atoms with Crippen molar-refractivity contribution < 1.29 is 5.11 Å². The summed E-state index contributed by atoms with van der Waals surface area (Å²) in [6, 6.07) is 15.3. The Morgan fingerprint density at radius 2 is 1.83 bits per heavy atom. The van der Waals surface area contributed by atoms with Crippen molar-refractivity contribution in [2.45, 2.75) is 6.10 Å². The highest BCUT2D eigenvalue weighted by Crippen LogP contribution is 2.01. The number of hydrogen-bond donors (Lipinski definition) is 1. The Bertz CT molecular complexity index is 564. The van der Waals surface area contributed by atoms with E-state index in [9.17, 15) is 5.11 Å². The molecule has 0 bridgehead atoms. The summed E-state index contributed by atoms with van der Waals surface area (Å²) in [5.74, 6) is 5.54. The Kier molecular flexibility index (Phi) is 4.29. The van der Waals surface area contributed by atoms with Gasteiger partial charge in [0.15, 0.2) is 0 Å². The van der Waals surface area contributed by atoms with E-state index in [-0.39, 0.29) is 0 Å². The van der Waals surface area contributed by atoms with Gasteiger partial charge in [-0.05, 0) is 29.7 Å². The maximum absolute atomic E-state index is 9.68. The zero-order valence-electron chi connectivity index (χ0n) is 9.82. The van der Waals surface area contributed by atoms with Crippen LogP contribution in [0.3, 0.4) is 0 Å². The van der Waals surface area contributed by atoms with Gasteiger partial charge < -0.3 is 5.11 Å². The quantitative estimate of drug-likeness (QED) is 0.811. The molecule has 18 heavy (non-hydrogen) atoms. The van der Waals surface area contributed by atoms with Crippen molar-refractivity contribution in [3.8, 4) is 11.8 Å². The number of aliphatic hydroxyl groups is 1. The lowest BCUT2D eigenvalue weighted by atomic mass is 10.2. The second kappa shape index (κ2) is 6.39. The van der Waals surface area contributed by atoms with Gasteiger partial charge in [-0.1, -0.05) is 48.4 Å². The molecule has 0 amide bonds. The molecule has 0 aliphatic carbocycles. The topological polar surface area (TPSA) is 33.1 Å². The maximum Gasteiger partial charge on any atom is 0.134 e. The molecule has 0 saturated heterocycles. The highest BCUT2D eigenvalue weighted by molar-refractivity contribution is 5.50. The summed E-state index contributed by atoms with van der Waals surface area (Å²) in [7, 11) is 0. The second-order valence-electron chi connectivity index (χ2n) is 3.70. The van der Waals surface area contributed by atoms with Crippen molar-refractivity contribution >= 4 is 6.08 Å². The fraction of sp³-hybridized carbons (Fsp3) is 0.0625. The summed E-state index contributed by atoms with van der Waals surface area (Å²) in [5, 5.41) is 9.68. The second-order valence-corrected chi connectivity index (χ2v) is 3.70. The molecule has 0 saturated carbocycles. The molecule has 0 aliphatic rings. The normalized spacial score (nSPS) is 11.8. The minimum absolute atomic E-state index is 0.657. The molecule has 1 atom stereocenters. The summed E-state index contributed by atoms with van der Waals surface area (Å²) >= 11 is 0. The molecule has 2 heteroatoms. The maximum atomic E-state index is 9.68. The average molecular weight is 235 g/mol. The monoisotopic (exact) mass is 235 g/mol.